The molecule has 0 aromatic carbocycles. The third kappa shape index (κ3) is 2.78. The Morgan fingerprint density at radius 1 is 1.38 bits per heavy atom. The van der Waals surface area contributed by atoms with Gasteiger partial charge in [0.1, 0.15) is 12.2 Å². The molecule has 1 heterocycles. The normalized spacial score (nSPS) is 30.1. The predicted molar refractivity (Wildman–Crippen MR) is 54.5 cm³/mol. The minimum absolute atomic E-state index is 0.217. The summed E-state index contributed by atoms with van der Waals surface area (Å²) >= 11 is 0. The Morgan fingerprint density at radius 3 is 2.62 bits per heavy atom. The van der Waals surface area contributed by atoms with E-state index in [0.717, 1.165) is 12.8 Å². The fraction of sp³-hybridized carbons (Fsp3) is 0.800. The van der Waals surface area contributed by atoms with E-state index < -0.39 is 30.7 Å². The van der Waals surface area contributed by atoms with Crippen molar-refractivity contribution in [2.45, 2.75) is 38.1 Å². The summed E-state index contributed by atoms with van der Waals surface area (Å²) < 4.78 is 10.1. The zero-order valence-electron chi connectivity index (χ0n) is 9.17. The van der Waals surface area contributed by atoms with Gasteiger partial charge in [-0.2, -0.15) is 0 Å². The van der Waals surface area contributed by atoms with Crippen molar-refractivity contribution in [3.05, 3.63) is 11.7 Å². The van der Waals surface area contributed by atoms with Crippen molar-refractivity contribution in [1.29, 1.82) is 0 Å². The van der Waals surface area contributed by atoms with Crippen LogP contribution in [-0.2, 0) is 9.47 Å². The van der Waals surface area contributed by atoms with Crippen molar-refractivity contribution in [2.24, 2.45) is 0 Å². The number of rotatable bonds is 5. The lowest BCUT2D eigenvalue weighted by Crippen LogP contribution is -2.46. The van der Waals surface area contributed by atoms with Crippen molar-refractivity contribution >= 4 is 0 Å². The van der Waals surface area contributed by atoms with Gasteiger partial charge >= 0.3 is 5.95 Å². The molecule has 0 aliphatic carbocycles. The zero-order valence-corrected chi connectivity index (χ0v) is 9.17. The lowest BCUT2D eigenvalue weighted by molar-refractivity contribution is -0.148. The predicted octanol–water partition coefficient (Wildman–Crippen LogP) is -0.357. The Kier molecular flexibility index (Phi) is 4.85. The molecule has 1 rings (SSSR count). The Morgan fingerprint density at radius 2 is 2.06 bits per heavy atom. The van der Waals surface area contributed by atoms with E-state index in [1.165, 1.54) is 0 Å². The van der Waals surface area contributed by atoms with Crippen molar-refractivity contribution < 1.29 is 29.9 Å². The first kappa shape index (κ1) is 13.1. The quantitative estimate of drug-likeness (QED) is 0.485. The van der Waals surface area contributed by atoms with Crippen molar-refractivity contribution in [1.82, 2.24) is 0 Å². The molecule has 1 aliphatic rings. The highest BCUT2D eigenvalue weighted by atomic mass is 16.7. The monoisotopic (exact) mass is 234 g/mol. The highest BCUT2D eigenvalue weighted by Crippen LogP contribution is 2.24. The largest absolute Gasteiger partial charge is 0.504 e. The molecule has 0 aromatic rings. The molecule has 0 radical (unpaired) electrons. The van der Waals surface area contributed by atoms with Crippen molar-refractivity contribution in [3.63, 3.8) is 0 Å². The van der Waals surface area contributed by atoms with Gasteiger partial charge in [-0.25, -0.2) is 0 Å². The Bertz CT molecular complexity index is 252. The summed E-state index contributed by atoms with van der Waals surface area (Å²) in [5.74, 6) is -0.751. The lowest BCUT2D eigenvalue weighted by atomic mass is 10.1. The van der Waals surface area contributed by atoms with Crippen molar-refractivity contribution in [2.75, 3.05) is 13.2 Å². The minimum atomic E-state index is -1.48. The summed E-state index contributed by atoms with van der Waals surface area (Å²) in [6.45, 7) is 1.86. The van der Waals surface area contributed by atoms with Crippen LogP contribution in [-0.4, -0.2) is 52.0 Å². The average molecular weight is 234 g/mol. The molecule has 0 fully saturated rings. The Balaban J connectivity index is 2.65. The fourth-order valence-corrected chi connectivity index (χ4v) is 1.32. The molecule has 0 bridgehead atoms. The summed E-state index contributed by atoms with van der Waals surface area (Å²) in [7, 11) is 0. The van der Waals surface area contributed by atoms with Gasteiger partial charge in [-0.15, -0.1) is 0 Å². The van der Waals surface area contributed by atoms with E-state index in [-0.39, 0.29) is 5.95 Å². The Hall–Kier alpha value is -0.980. The zero-order chi connectivity index (χ0) is 12.1. The first-order valence-corrected chi connectivity index (χ1v) is 5.31. The van der Waals surface area contributed by atoms with Crippen LogP contribution >= 0.6 is 0 Å². The maximum atomic E-state index is 9.46. The summed E-state index contributed by atoms with van der Waals surface area (Å²) in [6, 6.07) is 0. The van der Waals surface area contributed by atoms with Gasteiger partial charge in [0.2, 0.25) is 5.76 Å². The molecule has 6 heteroatoms. The topological polar surface area (TPSA) is 99.4 Å². The molecule has 0 amide bonds. The second-order valence-corrected chi connectivity index (χ2v) is 3.65. The van der Waals surface area contributed by atoms with Crippen LogP contribution in [0, 0.1) is 0 Å². The van der Waals surface area contributed by atoms with Gasteiger partial charge in [-0.1, -0.05) is 13.3 Å². The van der Waals surface area contributed by atoms with Crippen LogP contribution in [0.1, 0.15) is 19.8 Å². The molecule has 0 saturated carbocycles. The molecule has 0 spiro atoms. The first-order valence-electron chi connectivity index (χ1n) is 5.31. The molecular formula is C10H18O6. The van der Waals surface area contributed by atoms with Gasteiger partial charge in [-0.05, 0) is 6.42 Å². The van der Waals surface area contributed by atoms with Crippen LogP contribution in [0.4, 0.5) is 0 Å². The summed E-state index contributed by atoms with van der Waals surface area (Å²) in [4.78, 5) is 0. The molecule has 0 unspecified atom stereocenters. The van der Waals surface area contributed by atoms with Gasteiger partial charge < -0.3 is 29.9 Å². The SMILES string of the molecule is CCCCOC1=C(O)[C@@H](O)[C@H](O)[C@@H](CO)O1. The summed E-state index contributed by atoms with van der Waals surface area (Å²) in [5.41, 5.74) is 0. The van der Waals surface area contributed by atoms with Crippen LogP contribution in [0.25, 0.3) is 0 Å². The molecule has 4 N–H and O–H groups in total. The highest BCUT2D eigenvalue weighted by Gasteiger charge is 2.38. The van der Waals surface area contributed by atoms with Crippen molar-refractivity contribution in [3.8, 4) is 0 Å². The molecular weight excluding hydrogens is 216 g/mol. The average Bonchev–Trinajstić information content (AvgIpc) is 2.29. The third-order valence-electron chi connectivity index (χ3n) is 2.36. The minimum Gasteiger partial charge on any atom is -0.504 e. The van der Waals surface area contributed by atoms with Crippen LogP contribution < -0.4 is 0 Å². The number of aliphatic hydroxyl groups excluding tert-OH is 4. The molecule has 1 aliphatic heterocycles. The second-order valence-electron chi connectivity index (χ2n) is 3.65. The molecule has 6 nitrogen and oxygen atoms in total. The van der Waals surface area contributed by atoms with E-state index in [4.69, 9.17) is 14.6 Å². The van der Waals surface area contributed by atoms with Gasteiger partial charge in [-0.3, -0.25) is 0 Å². The van der Waals surface area contributed by atoms with E-state index in [1.54, 1.807) is 0 Å². The maximum Gasteiger partial charge on any atom is 0.322 e. The Labute approximate surface area is 93.7 Å². The van der Waals surface area contributed by atoms with E-state index in [9.17, 15) is 15.3 Å². The third-order valence-corrected chi connectivity index (χ3v) is 2.36. The summed E-state index contributed by atoms with van der Waals surface area (Å²) in [6.07, 6.45) is -2.13. The van der Waals surface area contributed by atoms with Gasteiger partial charge in [0.25, 0.3) is 0 Å². The second kappa shape index (κ2) is 5.93. The molecule has 94 valence electrons. The van der Waals surface area contributed by atoms with Gasteiger partial charge in [0.05, 0.1) is 13.2 Å². The number of hydrogen-bond donors (Lipinski definition) is 4. The molecule has 3 atom stereocenters. The number of unbranched alkanes of at least 4 members (excludes halogenated alkanes) is 1. The van der Waals surface area contributed by atoms with Crippen LogP contribution in [0.15, 0.2) is 11.7 Å². The number of ether oxygens (including phenoxy) is 2. The fourth-order valence-electron chi connectivity index (χ4n) is 1.32. The van der Waals surface area contributed by atoms with Crippen LogP contribution in [0.3, 0.4) is 0 Å². The van der Waals surface area contributed by atoms with Crippen LogP contribution in [0.5, 0.6) is 0 Å². The maximum absolute atomic E-state index is 9.46. The van der Waals surface area contributed by atoms with Crippen LogP contribution in [0.2, 0.25) is 0 Å². The standard InChI is InChI=1S/C10H18O6/c1-2-3-4-15-10-9(14)8(13)7(12)6(5-11)16-10/h6-8,11-14H,2-5H2,1H3/t6-,7-,8+/m1/s1. The smallest absolute Gasteiger partial charge is 0.322 e. The molecule has 0 aromatic heterocycles. The van der Waals surface area contributed by atoms with E-state index in [0.29, 0.717) is 6.61 Å². The van der Waals surface area contributed by atoms with Gasteiger partial charge in [0, 0.05) is 0 Å². The molecule has 16 heavy (non-hydrogen) atoms. The van der Waals surface area contributed by atoms with Gasteiger partial charge in [0.15, 0.2) is 6.10 Å². The number of hydrogen-bond acceptors (Lipinski definition) is 6. The van der Waals surface area contributed by atoms with E-state index in [2.05, 4.69) is 0 Å². The van der Waals surface area contributed by atoms with E-state index in [1.807, 2.05) is 6.92 Å². The van der Waals surface area contributed by atoms with E-state index >= 15 is 0 Å². The summed E-state index contributed by atoms with van der Waals surface area (Å²) in [5, 5.41) is 37.2. The number of aliphatic hydroxyl groups is 4. The highest BCUT2D eigenvalue weighted by molar-refractivity contribution is 5.08. The lowest BCUT2D eigenvalue weighted by Gasteiger charge is -2.31. The molecule has 0 saturated heterocycles. The first-order chi connectivity index (χ1) is 7.61.